The van der Waals surface area contributed by atoms with E-state index in [1.807, 2.05) is 6.07 Å². The van der Waals surface area contributed by atoms with Gasteiger partial charge in [0.15, 0.2) is 5.65 Å². The summed E-state index contributed by atoms with van der Waals surface area (Å²) in [6.45, 7) is 1.80. The van der Waals surface area contributed by atoms with Gasteiger partial charge in [0, 0.05) is 17.1 Å². The first-order valence-electron chi connectivity index (χ1n) is 12.8. The Bertz CT molecular complexity index is 2320. The second-order valence-electron chi connectivity index (χ2n) is 9.78. The Morgan fingerprint density at radius 2 is 1.98 bits per heavy atom. The highest BCUT2D eigenvalue weighted by molar-refractivity contribution is 7.92. The summed E-state index contributed by atoms with van der Waals surface area (Å²) in [6.07, 6.45) is 3.72. The Balaban J connectivity index is 1.61. The van der Waals surface area contributed by atoms with Crippen LogP contribution in [0.3, 0.4) is 0 Å². The zero-order valence-corrected chi connectivity index (χ0v) is 24.9. The number of halogens is 1. The van der Waals surface area contributed by atoms with Crippen LogP contribution in [0.2, 0.25) is 0 Å². The molecule has 0 aliphatic rings. The van der Waals surface area contributed by atoms with Crippen molar-refractivity contribution < 1.29 is 17.5 Å². The predicted molar refractivity (Wildman–Crippen MR) is 163 cm³/mol. The summed E-state index contributed by atoms with van der Waals surface area (Å²) in [5, 5.41) is 16.4. The van der Waals surface area contributed by atoms with E-state index in [1.165, 1.54) is 59.6 Å². The van der Waals surface area contributed by atoms with Crippen LogP contribution in [-0.2, 0) is 10.0 Å². The van der Waals surface area contributed by atoms with Gasteiger partial charge >= 0.3 is 0 Å². The summed E-state index contributed by atoms with van der Waals surface area (Å²) in [4.78, 5) is 27.3. The number of thiazole rings is 1. The number of nitrogens with zero attached hydrogens (tertiary/aromatic N) is 7. The van der Waals surface area contributed by atoms with Gasteiger partial charge in [-0.2, -0.15) is 10.4 Å². The van der Waals surface area contributed by atoms with Crippen LogP contribution in [-0.4, -0.2) is 50.9 Å². The number of nitriles is 1. The number of aromatic nitrogens is 6. The molecule has 222 valence electrons. The van der Waals surface area contributed by atoms with Gasteiger partial charge in [0.1, 0.15) is 45.9 Å². The Labute approximate surface area is 253 Å². The highest BCUT2D eigenvalue weighted by Gasteiger charge is 2.26. The van der Waals surface area contributed by atoms with Gasteiger partial charge in [0.2, 0.25) is 15.9 Å². The molecule has 0 bridgehead atoms. The molecule has 1 aromatic carbocycles. The minimum absolute atomic E-state index is 0.0432. The molecule has 5 aromatic heterocycles. The maximum atomic E-state index is 14.4. The number of nitrogen functional groups attached to an aromatic ring is 1. The summed E-state index contributed by atoms with van der Waals surface area (Å²) in [6, 6.07) is 10.3. The van der Waals surface area contributed by atoms with Crippen molar-refractivity contribution in [2.45, 2.75) is 13.0 Å². The average molecular weight is 632 g/mol. The molecule has 0 saturated heterocycles. The molecule has 1 atom stereocenters. The van der Waals surface area contributed by atoms with E-state index in [0.29, 0.717) is 38.2 Å². The Kier molecular flexibility index (Phi) is 6.98. The van der Waals surface area contributed by atoms with Crippen molar-refractivity contribution in [2.24, 2.45) is 0 Å². The molecule has 0 radical (unpaired) electrons. The molecule has 3 N–H and O–H groups in total. The van der Waals surface area contributed by atoms with Crippen LogP contribution in [0.1, 0.15) is 24.2 Å². The largest absolute Gasteiger partial charge is 0.480 e. The second-order valence-corrected chi connectivity index (χ2v) is 12.4. The van der Waals surface area contributed by atoms with Gasteiger partial charge < -0.3 is 10.5 Å². The molecule has 0 unspecified atom stereocenters. The minimum Gasteiger partial charge on any atom is -0.480 e. The SMILES string of the molecule is COc1ncc(-c2nn([C@@H](C)c3cc4scc(C#N)n4c(=O)c3-c3cccc(F)c3)c3ncnc(N)c23)cc1NS(C)(=O)=O. The third-order valence-corrected chi connectivity index (χ3v) is 8.39. The van der Waals surface area contributed by atoms with E-state index in [0.717, 1.165) is 6.26 Å². The number of hydrogen-bond donors (Lipinski definition) is 2. The first-order chi connectivity index (χ1) is 21.0. The fraction of sp³-hybridized carbons (Fsp3) is 0.143. The Hall–Kier alpha value is -5.40. The molecule has 16 heteroatoms. The van der Waals surface area contributed by atoms with Crippen molar-refractivity contribution in [2.75, 3.05) is 23.8 Å². The average Bonchev–Trinajstić information content (AvgIpc) is 3.58. The molecule has 5 heterocycles. The number of nitrogens with one attached hydrogen (secondary N) is 1. The Morgan fingerprint density at radius 3 is 2.68 bits per heavy atom. The monoisotopic (exact) mass is 631 g/mol. The van der Waals surface area contributed by atoms with Crippen LogP contribution < -0.4 is 20.8 Å². The van der Waals surface area contributed by atoms with Crippen LogP contribution in [0.4, 0.5) is 15.9 Å². The van der Waals surface area contributed by atoms with Crippen molar-refractivity contribution in [1.29, 1.82) is 5.26 Å². The molecule has 0 saturated carbocycles. The number of ether oxygens (including phenoxy) is 1. The second kappa shape index (κ2) is 10.7. The quantitative estimate of drug-likeness (QED) is 0.263. The zero-order valence-electron chi connectivity index (χ0n) is 23.3. The molecular weight excluding hydrogens is 609 g/mol. The van der Waals surface area contributed by atoms with Gasteiger partial charge in [-0.15, -0.1) is 11.3 Å². The molecule has 6 aromatic rings. The van der Waals surface area contributed by atoms with Crippen molar-refractivity contribution in [3.63, 3.8) is 0 Å². The maximum Gasteiger partial charge on any atom is 0.265 e. The molecular formula is C28H22FN9O4S2. The third kappa shape index (κ3) is 4.87. The molecule has 0 fully saturated rings. The van der Waals surface area contributed by atoms with Gasteiger partial charge in [-0.25, -0.2) is 32.4 Å². The normalized spacial score (nSPS) is 12.3. The first kappa shape index (κ1) is 28.7. The number of methoxy groups -OCH3 is 1. The number of hydrogen-bond acceptors (Lipinski definition) is 11. The lowest BCUT2D eigenvalue weighted by Crippen LogP contribution is -2.21. The van der Waals surface area contributed by atoms with Crippen LogP contribution in [0.25, 0.3) is 38.2 Å². The van der Waals surface area contributed by atoms with Crippen molar-refractivity contribution in [3.8, 4) is 34.3 Å². The lowest BCUT2D eigenvalue weighted by molar-refractivity contribution is 0.400. The molecule has 6 rings (SSSR count). The fourth-order valence-electron chi connectivity index (χ4n) is 5.05. The van der Waals surface area contributed by atoms with Crippen LogP contribution in [0, 0.1) is 17.1 Å². The topological polar surface area (TPSA) is 183 Å². The lowest BCUT2D eigenvalue weighted by Gasteiger charge is -2.18. The molecule has 0 spiro atoms. The predicted octanol–water partition coefficient (Wildman–Crippen LogP) is 3.81. The standard InChI is InChI=1S/C28H22FN9O4S2/c1-14(19-9-21-37(18(10-30)12-43-21)28(39)22(19)15-5-4-6-17(29)7-15)38-26-23(25(31)33-13-34-26)24(35-38)16-8-20(36-44(3,40)41)27(42-2)32-11-16/h4-9,11-14,36H,1-3H3,(H2,31,33,34)/t14-/m0/s1. The van der Waals surface area contributed by atoms with E-state index >= 15 is 0 Å². The van der Waals surface area contributed by atoms with Gasteiger partial charge in [0.05, 0.1) is 30.4 Å². The number of fused-ring (bicyclic) bond motifs is 2. The van der Waals surface area contributed by atoms with E-state index in [9.17, 15) is 22.9 Å². The number of nitrogens with two attached hydrogens (primary N) is 1. The Morgan fingerprint density at radius 1 is 1.18 bits per heavy atom. The smallest absolute Gasteiger partial charge is 0.265 e. The maximum absolute atomic E-state index is 14.4. The number of anilines is 2. The lowest BCUT2D eigenvalue weighted by atomic mass is 9.97. The van der Waals surface area contributed by atoms with E-state index < -0.39 is 27.4 Å². The highest BCUT2D eigenvalue weighted by atomic mass is 32.2. The molecule has 0 amide bonds. The first-order valence-corrected chi connectivity index (χ1v) is 15.6. The summed E-state index contributed by atoms with van der Waals surface area (Å²) >= 11 is 1.22. The molecule has 0 aliphatic heterocycles. The molecule has 13 nitrogen and oxygen atoms in total. The van der Waals surface area contributed by atoms with E-state index in [4.69, 9.17) is 15.6 Å². The van der Waals surface area contributed by atoms with E-state index in [-0.39, 0.29) is 28.6 Å². The third-order valence-electron chi connectivity index (χ3n) is 6.91. The summed E-state index contributed by atoms with van der Waals surface area (Å²) in [5.41, 5.74) is 8.06. The van der Waals surface area contributed by atoms with Crippen LogP contribution >= 0.6 is 11.3 Å². The summed E-state index contributed by atoms with van der Waals surface area (Å²) in [7, 11) is -2.33. The minimum atomic E-state index is -3.68. The molecule has 0 aliphatic carbocycles. The van der Waals surface area contributed by atoms with Gasteiger partial charge in [0.25, 0.3) is 5.56 Å². The summed E-state index contributed by atoms with van der Waals surface area (Å²) in [5.74, 6) is -0.384. The van der Waals surface area contributed by atoms with E-state index in [1.54, 1.807) is 29.1 Å². The molecule has 44 heavy (non-hydrogen) atoms. The fourth-order valence-corrected chi connectivity index (χ4v) is 6.46. The number of benzene rings is 1. The van der Waals surface area contributed by atoms with Crippen molar-refractivity contribution >= 4 is 48.7 Å². The van der Waals surface area contributed by atoms with Gasteiger partial charge in [-0.3, -0.25) is 13.9 Å². The van der Waals surface area contributed by atoms with Crippen molar-refractivity contribution in [3.05, 3.63) is 81.7 Å². The van der Waals surface area contributed by atoms with E-state index in [2.05, 4.69) is 19.7 Å². The number of sulfonamides is 1. The van der Waals surface area contributed by atoms with Crippen LogP contribution in [0.15, 0.2) is 59.1 Å². The number of rotatable bonds is 7. The van der Waals surface area contributed by atoms with Gasteiger partial charge in [-0.1, -0.05) is 12.1 Å². The van der Waals surface area contributed by atoms with Crippen LogP contribution in [0.5, 0.6) is 5.88 Å². The number of pyridine rings is 2. The van der Waals surface area contributed by atoms with Crippen molar-refractivity contribution in [1.82, 2.24) is 29.1 Å². The highest BCUT2D eigenvalue weighted by Crippen LogP contribution is 2.37. The summed E-state index contributed by atoms with van der Waals surface area (Å²) < 4.78 is 48.9. The zero-order chi connectivity index (χ0) is 31.3. The van der Waals surface area contributed by atoms with Gasteiger partial charge in [-0.05, 0) is 42.3 Å².